The van der Waals surface area contributed by atoms with Gasteiger partial charge in [0, 0.05) is 48.2 Å². The summed E-state index contributed by atoms with van der Waals surface area (Å²) in [4.78, 5) is 16.6. The fraction of sp³-hybridized carbons (Fsp3) is 0.273. The predicted molar refractivity (Wildman–Crippen MR) is 108 cm³/mol. The second-order valence-electron chi connectivity index (χ2n) is 7.68. The normalized spacial score (nSPS) is 20.4. The number of hydrogen-bond acceptors (Lipinski definition) is 4. The summed E-state index contributed by atoms with van der Waals surface area (Å²) in [6.07, 6.45) is -0.952. The van der Waals surface area contributed by atoms with Crippen LogP contribution in [0.5, 0.6) is 0 Å². The van der Waals surface area contributed by atoms with E-state index in [0.717, 1.165) is 43.1 Å². The summed E-state index contributed by atoms with van der Waals surface area (Å²) in [6, 6.07) is 11.7. The average Bonchev–Trinajstić information content (AvgIpc) is 3.11. The van der Waals surface area contributed by atoms with Crippen LogP contribution in [0.3, 0.4) is 0 Å². The molecule has 1 fully saturated rings. The van der Waals surface area contributed by atoms with Gasteiger partial charge in [0.25, 0.3) is 5.56 Å². The van der Waals surface area contributed by atoms with Gasteiger partial charge in [-0.2, -0.15) is 13.2 Å². The Morgan fingerprint density at radius 2 is 1.97 bits per heavy atom. The summed E-state index contributed by atoms with van der Waals surface area (Å²) in [6.45, 7) is 1.92. The van der Waals surface area contributed by atoms with Gasteiger partial charge in [-0.05, 0) is 48.9 Å². The molecule has 5 nitrogen and oxygen atoms in total. The van der Waals surface area contributed by atoms with Crippen molar-refractivity contribution in [3.05, 3.63) is 76.3 Å². The van der Waals surface area contributed by atoms with E-state index in [0.29, 0.717) is 23.2 Å². The first kappa shape index (κ1) is 18.9. The molecule has 8 heteroatoms. The van der Waals surface area contributed by atoms with Crippen molar-refractivity contribution in [1.82, 2.24) is 14.9 Å². The van der Waals surface area contributed by atoms with Gasteiger partial charge in [0.05, 0.1) is 16.9 Å². The Morgan fingerprint density at radius 3 is 2.70 bits per heavy atom. The van der Waals surface area contributed by atoms with Gasteiger partial charge < -0.3 is 10.6 Å². The van der Waals surface area contributed by atoms with E-state index in [2.05, 4.69) is 21.7 Å². The number of pyridine rings is 2. The summed E-state index contributed by atoms with van der Waals surface area (Å²) in [5.74, 6) is 0.486. The van der Waals surface area contributed by atoms with E-state index in [1.54, 1.807) is 12.3 Å². The molecule has 2 aliphatic heterocycles. The molecule has 2 N–H and O–H groups in total. The van der Waals surface area contributed by atoms with Crippen molar-refractivity contribution in [1.29, 1.82) is 0 Å². The number of benzene rings is 1. The van der Waals surface area contributed by atoms with E-state index >= 15 is 0 Å². The number of nitrogens with one attached hydrogen (secondary N) is 2. The fourth-order valence-electron chi connectivity index (χ4n) is 4.31. The number of nitrogens with zero attached hydrogens (tertiary/aromatic N) is 2. The Bertz CT molecular complexity index is 1150. The van der Waals surface area contributed by atoms with Crippen molar-refractivity contribution < 1.29 is 13.2 Å². The van der Waals surface area contributed by atoms with Gasteiger partial charge in [-0.25, -0.2) is 0 Å². The van der Waals surface area contributed by atoms with Crippen LogP contribution in [0.15, 0.2) is 59.7 Å². The Hall–Kier alpha value is -3.13. The van der Waals surface area contributed by atoms with E-state index in [4.69, 9.17) is 0 Å². The summed E-state index contributed by atoms with van der Waals surface area (Å²) in [7, 11) is 0. The molecular weight excluding hydrogens is 393 g/mol. The number of piperidine rings is 1. The fourth-order valence-corrected chi connectivity index (χ4v) is 4.31. The highest BCUT2D eigenvalue weighted by Gasteiger charge is 2.34. The third-order valence-electron chi connectivity index (χ3n) is 5.84. The molecule has 0 aliphatic carbocycles. The smallest absolute Gasteiger partial charge is 0.380 e. The Kier molecular flexibility index (Phi) is 4.39. The SMILES string of the molecule is O=c1cc(-c2ccc(C(F)(F)F)cn2)ccn1-c1ccc2c(c1)NC1CNCCC21. The number of halogens is 3. The summed E-state index contributed by atoms with van der Waals surface area (Å²) in [5, 5.41) is 6.93. The molecule has 1 saturated heterocycles. The summed E-state index contributed by atoms with van der Waals surface area (Å²) in [5.41, 5.74) is 2.77. The molecule has 0 amide bonds. The summed E-state index contributed by atoms with van der Waals surface area (Å²) >= 11 is 0. The van der Waals surface area contributed by atoms with Crippen LogP contribution in [-0.4, -0.2) is 28.7 Å². The summed E-state index contributed by atoms with van der Waals surface area (Å²) < 4.78 is 39.7. The lowest BCUT2D eigenvalue weighted by Gasteiger charge is -2.26. The van der Waals surface area contributed by atoms with Crippen LogP contribution in [0.4, 0.5) is 18.9 Å². The number of aromatic nitrogens is 2. The number of anilines is 1. The van der Waals surface area contributed by atoms with E-state index in [-0.39, 0.29) is 5.56 Å². The molecule has 2 aliphatic rings. The second kappa shape index (κ2) is 6.98. The number of hydrogen-bond donors (Lipinski definition) is 2. The molecule has 30 heavy (non-hydrogen) atoms. The number of rotatable bonds is 2. The minimum atomic E-state index is -4.44. The number of alkyl halides is 3. The lowest BCUT2D eigenvalue weighted by Crippen LogP contribution is -2.40. The third kappa shape index (κ3) is 3.27. The zero-order valence-electron chi connectivity index (χ0n) is 15.9. The Labute approximate surface area is 170 Å². The topological polar surface area (TPSA) is 59.0 Å². The van der Waals surface area contributed by atoms with Crippen LogP contribution in [0.2, 0.25) is 0 Å². The zero-order valence-corrected chi connectivity index (χ0v) is 15.9. The molecule has 2 aromatic heterocycles. The average molecular weight is 412 g/mol. The first-order valence-electron chi connectivity index (χ1n) is 9.78. The third-order valence-corrected chi connectivity index (χ3v) is 5.84. The van der Waals surface area contributed by atoms with Crippen LogP contribution >= 0.6 is 0 Å². The van der Waals surface area contributed by atoms with Crippen molar-refractivity contribution in [2.75, 3.05) is 18.4 Å². The van der Waals surface area contributed by atoms with Crippen molar-refractivity contribution in [3.63, 3.8) is 0 Å². The molecule has 0 bridgehead atoms. The number of fused-ring (bicyclic) bond motifs is 3. The molecule has 1 aromatic carbocycles. The monoisotopic (exact) mass is 412 g/mol. The van der Waals surface area contributed by atoms with E-state index in [1.165, 1.54) is 22.3 Å². The van der Waals surface area contributed by atoms with Gasteiger partial charge in [-0.3, -0.25) is 14.3 Å². The molecule has 3 aromatic rings. The van der Waals surface area contributed by atoms with Crippen molar-refractivity contribution in [3.8, 4) is 16.9 Å². The molecule has 5 rings (SSSR count). The predicted octanol–water partition coefficient (Wildman–Crippen LogP) is 3.79. The van der Waals surface area contributed by atoms with Gasteiger partial charge in [0.1, 0.15) is 0 Å². The van der Waals surface area contributed by atoms with Crippen molar-refractivity contribution in [2.45, 2.75) is 24.6 Å². The van der Waals surface area contributed by atoms with Crippen LogP contribution in [0.1, 0.15) is 23.5 Å². The second-order valence-corrected chi connectivity index (χ2v) is 7.68. The molecule has 0 spiro atoms. The molecule has 0 saturated carbocycles. The minimum absolute atomic E-state index is 0.272. The maximum absolute atomic E-state index is 12.7. The molecule has 0 radical (unpaired) electrons. The first-order chi connectivity index (χ1) is 14.4. The minimum Gasteiger partial charge on any atom is -0.380 e. The Balaban J connectivity index is 1.44. The lowest BCUT2D eigenvalue weighted by atomic mass is 9.89. The van der Waals surface area contributed by atoms with E-state index in [9.17, 15) is 18.0 Å². The Morgan fingerprint density at radius 1 is 1.10 bits per heavy atom. The molecule has 4 heterocycles. The van der Waals surface area contributed by atoms with E-state index < -0.39 is 11.7 Å². The highest BCUT2D eigenvalue weighted by molar-refractivity contribution is 5.64. The van der Waals surface area contributed by atoms with Gasteiger partial charge in [-0.15, -0.1) is 0 Å². The molecule has 2 unspecified atom stereocenters. The largest absolute Gasteiger partial charge is 0.417 e. The van der Waals surface area contributed by atoms with E-state index in [1.807, 2.05) is 12.1 Å². The van der Waals surface area contributed by atoms with Gasteiger partial charge in [0.2, 0.25) is 0 Å². The molecule has 2 atom stereocenters. The highest BCUT2D eigenvalue weighted by atomic mass is 19.4. The first-order valence-corrected chi connectivity index (χ1v) is 9.78. The van der Waals surface area contributed by atoms with Crippen LogP contribution in [-0.2, 0) is 6.18 Å². The maximum Gasteiger partial charge on any atom is 0.417 e. The molecule has 154 valence electrons. The molecular formula is C22H19F3N4O. The van der Waals surface area contributed by atoms with Gasteiger partial charge in [0.15, 0.2) is 0 Å². The maximum atomic E-state index is 12.7. The van der Waals surface area contributed by atoms with Crippen molar-refractivity contribution in [2.24, 2.45) is 0 Å². The zero-order chi connectivity index (χ0) is 20.9. The van der Waals surface area contributed by atoms with Crippen LogP contribution in [0, 0.1) is 0 Å². The quantitative estimate of drug-likeness (QED) is 0.673. The highest BCUT2D eigenvalue weighted by Crippen LogP contribution is 2.40. The van der Waals surface area contributed by atoms with Gasteiger partial charge in [-0.1, -0.05) is 6.07 Å². The van der Waals surface area contributed by atoms with Crippen molar-refractivity contribution >= 4 is 5.69 Å². The van der Waals surface area contributed by atoms with Crippen LogP contribution < -0.4 is 16.2 Å². The van der Waals surface area contributed by atoms with Gasteiger partial charge >= 0.3 is 6.18 Å². The standard InChI is InChI=1S/C22H19F3N4O/c23-22(24,25)14-1-4-18(27-11-14)13-6-8-29(21(30)9-13)15-2-3-16-17-5-7-26-12-20(17)28-19(16)10-15/h1-4,6,8-11,17,20,26,28H,5,7,12H2. The lowest BCUT2D eigenvalue weighted by molar-refractivity contribution is -0.137. The van der Waals surface area contributed by atoms with Crippen LogP contribution in [0.25, 0.3) is 16.9 Å².